The van der Waals surface area contributed by atoms with Gasteiger partial charge in [-0.25, -0.2) is 0 Å². The smallest absolute Gasteiger partial charge is 0.169 e. The quantitative estimate of drug-likeness (QED) is 0.923. The molecule has 0 bridgehead atoms. The minimum absolute atomic E-state index is 0.0168. The van der Waals surface area contributed by atoms with Crippen LogP contribution in [0.4, 0.5) is 0 Å². The van der Waals surface area contributed by atoms with Gasteiger partial charge < -0.3 is 14.9 Å². The van der Waals surface area contributed by atoms with Crippen LogP contribution in [0.15, 0.2) is 21.2 Å². The molecule has 0 spiro atoms. The summed E-state index contributed by atoms with van der Waals surface area (Å²) >= 11 is 3.28. The molecule has 0 amide bonds. The number of nitrogens with two attached hydrogens (primary N) is 1. The Bertz CT molecular complexity index is 321. The molecule has 1 aliphatic rings. The van der Waals surface area contributed by atoms with Gasteiger partial charge in [0.25, 0.3) is 0 Å². The van der Waals surface area contributed by atoms with Gasteiger partial charge in [0.2, 0.25) is 0 Å². The van der Waals surface area contributed by atoms with Crippen molar-refractivity contribution in [3.63, 3.8) is 0 Å². The molecule has 2 rings (SSSR count). The SMILES string of the molecule is NC(CCC1CCCCO1)c1ccc(Br)o1. The van der Waals surface area contributed by atoms with Gasteiger partial charge in [-0.15, -0.1) is 0 Å². The molecule has 2 unspecified atom stereocenters. The zero-order valence-corrected chi connectivity index (χ0v) is 10.9. The minimum atomic E-state index is -0.0168. The van der Waals surface area contributed by atoms with Gasteiger partial charge in [-0.1, -0.05) is 0 Å². The van der Waals surface area contributed by atoms with E-state index < -0.39 is 0 Å². The molecule has 90 valence electrons. The van der Waals surface area contributed by atoms with E-state index in [0.717, 1.165) is 29.9 Å². The molecule has 16 heavy (non-hydrogen) atoms. The second-order valence-corrected chi connectivity index (χ2v) is 5.10. The largest absolute Gasteiger partial charge is 0.453 e. The molecule has 3 nitrogen and oxygen atoms in total. The average molecular weight is 288 g/mol. The van der Waals surface area contributed by atoms with Gasteiger partial charge in [0.1, 0.15) is 5.76 Å². The second-order valence-electron chi connectivity index (χ2n) is 4.31. The Hall–Kier alpha value is -0.320. The van der Waals surface area contributed by atoms with Gasteiger partial charge in [-0.2, -0.15) is 0 Å². The highest BCUT2D eigenvalue weighted by atomic mass is 79.9. The second kappa shape index (κ2) is 5.84. The third-order valence-electron chi connectivity index (χ3n) is 3.03. The standard InChI is InChI=1S/C12H18BrNO2/c13-12-7-6-11(16-12)10(14)5-4-9-3-1-2-8-15-9/h6-7,9-10H,1-5,8,14H2. The van der Waals surface area contributed by atoms with E-state index in [1.807, 2.05) is 12.1 Å². The number of halogens is 1. The molecule has 2 heterocycles. The zero-order chi connectivity index (χ0) is 11.4. The molecule has 1 aromatic rings. The molecule has 2 N–H and O–H groups in total. The van der Waals surface area contributed by atoms with Crippen LogP contribution in [0.2, 0.25) is 0 Å². The van der Waals surface area contributed by atoms with Crippen LogP contribution in [0.25, 0.3) is 0 Å². The van der Waals surface area contributed by atoms with Crippen LogP contribution in [-0.2, 0) is 4.74 Å². The summed E-state index contributed by atoms with van der Waals surface area (Å²) in [7, 11) is 0. The summed E-state index contributed by atoms with van der Waals surface area (Å²) in [6.07, 6.45) is 6.01. The van der Waals surface area contributed by atoms with Crippen LogP contribution < -0.4 is 5.73 Å². The van der Waals surface area contributed by atoms with E-state index >= 15 is 0 Å². The van der Waals surface area contributed by atoms with E-state index in [2.05, 4.69) is 15.9 Å². The van der Waals surface area contributed by atoms with Crippen molar-refractivity contribution < 1.29 is 9.15 Å². The maximum Gasteiger partial charge on any atom is 0.169 e. The van der Waals surface area contributed by atoms with Crippen molar-refractivity contribution in [2.45, 2.75) is 44.2 Å². The summed E-state index contributed by atoms with van der Waals surface area (Å²) in [5.41, 5.74) is 6.06. The first-order valence-corrected chi connectivity index (χ1v) is 6.67. The number of furan rings is 1. The van der Waals surface area contributed by atoms with E-state index in [1.165, 1.54) is 19.3 Å². The highest BCUT2D eigenvalue weighted by Crippen LogP contribution is 2.25. The Morgan fingerprint density at radius 1 is 1.44 bits per heavy atom. The van der Waals surface area contributed by atoms with E-state index in [9.17, 15) is 0 Å². The molecule has 2 atom stereocenters. The summed E-state index contributed by atoms with van der Waals surface area (Å²) < 4.78 is 11.9. The molecule has 0 radical (unpaired) electrons. The van der Waals surface area contributed by atoms with Gasteiger partial charge >= 0.3 is 0 Å². The molecule has 1 aromatic heterocycles. The maximum absolute atomic E-state index is 6.06. The van der Waals surface area contributed by atoms with Gasteiger partial charge in [-0.3, -0.25) is 0 Å². The topological polar surface area (TPSA) is 48.4 Å². The van der Waals surface area contributed by atoms with E-state index in [-0.39, 0.29) is 6.04 Å². The van der Waals surface area contributed by atoms with Crippen LogP contribution in [0.1, 0.15) is 43.9 Å². The Morgan fingerprint density at radius 2 is 2.31 bits per heavy atom. The third kappa shape index (κ3) is 3.34. The summed E-state index contributed by atoms with van der Waals surface area (Å²) in [5, 5.41) is 0. The highest BCUT2D eigenvalue weighted by molar-refractivity contribution is 9.10. The van der Waals surface area contributed by atoms with Crippen molar-refractivity contribution in [1.29, 1.82) is 0 Å². The van der Waals surface area contributed by atoms with Crippen molar-refractivity contribution in [3.8, 4) is 0 Å². The van der Waals surface area contributed by atoms with Gasteiger partial charge in [0.15, 0.2) is 4.67 Å². The Kier molecular flexibility index (Phi) is 4.44. The van der Waals surface area contributed by atoms with Crippen molar-refractivity contribution >= 4 is 15.9 Å². The monoisotopic (exact) mass is 287 g/mol. The minimum Gasteiger partial charge on any atom is -0.453 e. The summed E-state index contributed by atoms with van der Waals surface area (Å²) in [6.45, 7) is 0.909. The van der Waals surface area contributed by atoms with Crippen LogP contribution in [0, 0.1) is 0 Å². The summed E-state index contributed by atoms with van der Waals surface area (Å²) in [5.74, 6) is 0.850. The molecule has 1 saturated heterocycles. The molecule has 0 aliphatic carbocycles. The van der Waals surface area contributed by atoms with Crippen molar-refractivity contribution in [2.24, 2.45) is 5.73 Å². The van der Waals surface area contributed by atoms with Gasteiger partial charge in [-0.05, 0) is 60.2 Å². The van der Waals surface area contributed by atoms with Crippen LogP contribution >= 0.6 is 15.9 Å². The Balaban J connectivity index is 1.76. The average Bonchev–Trinajstić information content (AvgIpc) is 2.74. The van der Waals surface area contributed by atoms with E-state index in [1.54, 1.807) is 0 Å². The van der Waals surface area contributed by atoms with Crippen LogP contribution in [0.5, 0.6) is 0 Å². The fourth-order valence-corrected chi connectivity index (χ4v) is 2.39. The molecule has 4 heteroatoms. The summed E-state index contributed by atoms with van der Waals surface area (Å²) in [4.78, 5) is 0. The normalized spacial score (nSPS) is 23.2. The predicted molar refractivity (Wildman–Crippen MR) is 66.2 cm³/mol. The fraction of sp³-hybridized carbons (Fsp3) is 0.667. The number of rotatable bonds is 4. The first kappa shape index (κ1) is 12.1. The van der Waals surface area contributed by atoms with Crippen LogP contribution in [-0.4, -0.2) is 12.7 Å². The first-order chi connectivity index (χ1) is 7.75. The lowest BCUT2D eigenvalue weighted by Crippen LogP contribution is -2.21. The Morgan fingerprint density at radius 3 is 2.94 bits per heavy atom. The third-order valence-corrected chi connectivity index (χ3v) is 3.46. The molecule has 1 fully saturated rings. The molecular weight excluding hydrogens is 270 g/mol. The van der Waals surface area contributed by atoms with Crippen molar-refractivity contribution in [2.75, 3.05) is 6.61 Å². The number of hydrogen-bond donors (Lipinski definition) is 1. The molecule has 0 aromatic carbocycles. The summed E-state index contributed by atoms with van der Waals surface area (Å²) in [6, 6.07) is 3.79. The molecular formula is C12H18BrNO2. The fourth-order valence-electron chi connectivity index (χ4n) is 2.07. The lowest BCUT2D eigenvalue weighted by Gasteiger charge is -2.23. The number of hydrogen-bond acceptors (Lipinski definition) is 3. The molecule has 0 saturated carbocycles. The highest BCUT2D eigenvalue weighted by Gasteiger charge is 2.17. The van der Waals surface area contributed by atoms with Crippen LogP contribution in [0.3, 0.4) is 0 Å². The molecule has 1 aliphatic heterocycles. The maximum atomic E-state index is 6.06. The lowest BCUT2D eigenvalue weighted by molar-refractivity contribution is 0.00884. The number of ether oxygens (including phenoxy) is 1. The zero-order valence-electron chi connectivity index (χ0n) is 9.32. The first-order valence-electron chi connectivity index (χ1n) is 5.88. The Labute approximate surface area is 104 Å². The van der Waals surface area contributed by atoms with Crippen molar-refractivity contribution in [1.82, 2.24) is 0 Å². The van der Waals surface area contributed by atoms with E-state index in [4.69, 9.17) is 14.9 Å². The van der Waals surface area contributed by atoms with E-state index in [0.29, 0.717) is 6.10 Å². The van der Waals surface area contributed by atoms with Gasteiger partial charge in [0, 0.05) is 6.61 Å². The van der Waals surface area contributed by atoms with Crippen molar-refractivity contribution in [3.05, 3.63) is 22.6 Å². The van der Waals surface area contributed by atoms with Gasteiger partial charge in [0.05, 0.1) is 12.1 Å². The predicted octanol–water partition coefficient (Wildman–Crippen LogP) is 3.39. The lowest BCUT2D eigenvalue weighted by atomic mass is 10.0.